The van der Waals surface area contributed by atoms with Gasteiger partial charge in [-0.05, 0) is 48.5 Å². The van der Waals surface area contributed by atoms with Crippen LogP contribution in [0.2, 0.25) is 0 Å². The molecule has 1 heterocycles. The Labute approximate surface area is 158 Å². The number of benzene rings is 2. The number of rotatable bonds is 5. The Morgan fingerprint density at radius 3 is 2.48 bits per heavy atom. The Hall–Kier alpha value is -3.85. The first kappa shape index (κ1) is 18.0. The fourth-order valence-corrected chi connectivity index (χ4v) is 2.51. The first-order chi connectivity index (χ1) is 13.0. The molecular formula is C21H19N5O. The van der Waals surface area contributed by atoms with Gasteiger partial charge >= 0.3 is 0 Å². The van der Waals surface area contributed by atoms with E-state index in [9.17, 15) is 4.79 Å². The summed E-state index contributed by atoms with van der Waals surface area (Å²) < 4.78 is 0. The molecular weight excluding hydrogens is 338 g/mol. The van der Waals surface area contributed by atoms with Crippen LogP contribution in [-0.2, 0) is 0 Å². The van der Waals surface area contributed by atoms with Gasteiger partial charge in [0, 0.05) is 37.4 Å². The molecule has 0 saturated carbocycles. The van der Waals surface area contributed by atoms with Crippen molar-refractivity contribution in [3.63, 3.8) is 0 Å². The summed E-state index contributed by atoms with van der Waals surface area (Å²) >= 11 is 0. The van der Waals surface area contributed by atoms with E-state index in [1.165, 1.54) is 6.20 Å². The minimum absolute atomic E-state index is 0.288. The number of anilines is 4. The van der Waals surface area contributed by atoms with Crippen molar-refractivity contribution in [1.82, 2.24) is 4.98 Å². The SMILES string of the molecule is CN(C)c1ccc(Nc2cncc(C(=O)Nc3cccc(C#N)c3)c2)cc1. The smallest absolute Gasteiger partial charge is 0.257 e. The molecule has 0 atom stereocenters. The lowest BCUT2D eigenvalue weighted by atomic mass is 10.2. The van der Waals surface area contributed by atoms with Crippen molar-refractivity contribution >= 4 is 28.7 Å². The molecule has 1 amide bonds. The predicted octanol–water partition coefficient (Wildman–Crippen LogP) is 4.02. The average molecular weight is 357 g/mol. The van der Waals surface area contributed by atoms with Gasteiger partial charge in [0.1, 0.15) is 0 Å². The first-order valence-corrected chi connectivity index (χ1v) is 8.36. The van der Waals surface area contributed by atoms with Crippen molar-refractivity contribution in [3.8, 4) is 6.07 Å². The van der Waals surface area contributed by atoms with Gasteiger partial charge in [-0.3, -0.25) is 9.78 Å². The molecule has 1 aromatic heterocycles. The highest BCUT2D eigenvalue weighted by atomic mass is 16.1. The molecule has 2 aromatic carbocycles. The Kier molecular flexibility index (Phi) is 5.33. The van der Waals surface area contributed by atoms with Gasteiger partial charge in [-0.1, -0.05) is 6.07 Å². The summed E-state index contributed by atoms with van der Waals surface area (Å²) in [7, 11) is 3.97. The van der Waals surface area contributed by atoms with E-state index in [0.29, 0.717) is 22.5 Å². The summed E-state index contributed by atoms with van der Waals surface area (Å²) in [6, 6.07) is 18.5. The lowest BCUT2D eigenvalue weighted by molar-refractivity contribution is 0.102. The summed E-state index contributed by atoms with van der Waals surface area (Å²) in [6.07, 6.45) is 3.16. The average Bonchev–Trinajstić information content (AvgIpc) is 2.68. The molecule has 6 nitrogen and oxygen atoms in total. The number of nitrogens with one attached hydrogen (secondary N) is 2. The van der Waals surface area contributed by atoms with E-state index in [0.717, 1.165) is 11.4 Å². The van der Waals surface area contributed by atoms with Gasteiger partial charge in [0.05, 0.1) is 29.1 Å². The monoisotopic (exact) mass is 357 g/mol. The molecule has 0 unspecified atom stereocenters. The van der Waals surface area contributed by atoms with E-state index in [1.807, 2.05) is 43.3 Å². The van der Waals surface area contributed by atoms with Crippen molar-refractivity contribution in [2.24, 2.45) is 0 Å². The number of hydrogen-bond acceptors (Lipinski definition) is 5. The Balaban J connectivity index is 1.72. The number of carbonyl (C=O) groups excluding carboxylic acids is 1. The van der Waals surface area contributed by atoms with Crippen molar-refractivity contribution in [2.45, 2.75) is 0 Å². The fourth-order valence-electron chi connectivity index (χ4n) is 2.51. The minimum Gasteiger partial charge on any atom is -0.378 e. The maximum absolute atomic E-state index is 12.5. The van der Waals surface area contributed by atoms with Crippen LogP contribution >= 0.6 is 0 Å². The fraction of sp³-hybridized carbons (Fsp3) is 0.0952. The summed E-state index contributed by atoms with van der Waals surface area (Å²) in [5.74, 6) is -0.288. The van der Waals surface area contributed by atoms with Gasteiger partial charge in [-0.25, -0.2) is 0 Å². The van der Waals surface area contributed by atoms with E-state index in [1.54, 1.807) is 36.5 Å². The zero-order valence-electron chi connectivity index (χ0n) is 15.1. The molecule has 0 saturated heterocycles. The molecule has 3 aromatic rings. The second kappa shape index (κ2) is 8.02. The maximum Gasteiger partial charge on any atom is 0.257 e. The van der Waals surface area contributed by atoms with Crippen molar-refractivity contribution in [2.75, 3.05) is 29.6 Å². The second-order valence-electron chi connectivity index (χ2n) is 6.18. The lowest BCUT2D eigenvalue weighted by Gasteiger charge is -2.13. The van der Waals surface area contributed by atoms with Crippen LogP contribution in [0.15, 0.2) is 67.0 Å². The van der Waals surface area contributed by atoms with Crippen LogP contribution in [-0.4, -0.2) is 25.0 Å². The normalized spacial score (nSPS) is 9.96. The molecule has 0 radical (unpaired) electrons. The number of nitriles is 1. The Morgan fingerprint density at radius 1 is 1.00 bits per heavy atom. The van der Waals surface area contributed by atoms with Crippen LogP contribution in [0.3, 0.4) is 0 Å². The summed E-state index contributed by atoms with van der Waals surface area (Å²) in [6.45, 7) is 0. The van der Waals surface area contributed by atoms with E-state index < -0.39 is 0 Å². The van der Waals surface area contributed by atoms with Crippen LogP contribution in [0, 0.1) is 11.3 Å². The summed E-state index contributed by atoms with van der Waals surface area (Å²) in [5.41, 5.74) is 4.20. The molecule has 27 heavy (non-hydrogen) atoms. The molecule has 134 valence electrons. The second-order valence-corrected chi connectivity index (χ2v) is 6.18. The third-order valence-corrected chi connectivity index (χ3v) is 3.92. The van der Waals surface area contributed by atoms with Gasteiger partial charge < -0.3 is 15.5 Å². The number of hydrogen-bond donors (Lipinski definition) is 2. The van der Waals surface area contributed by atoms with Crippen molar-refractivity contribution < 1.29 is 4.79 Å². The highest BCUT2D eigenvalue weighted by molar-refractivity contribution is 6.04. The molecule has 0 bridgehead atoms. The van der Waals surface area contributed by atoms with Gasteiger partial charge in [-0.2, -0.15) is 5.26 Å². The zero-order valence-corrected chi connectivity index (χ0v) is 15.1. The highest BCUT2D eigenvalue weighted by Crippen LogP contribution is 2.20. The Bertz CT molecular complexity index is 990. The molecule has 3 rings (SSSR count). The van der Waals surface area contributed by atoms with Crippen LogP contribution in [0.5, 0.6) is 0 Å². The number of nitrogens with zero attached hydrogens (tertiary/aromatic N) is 3. The molecule has 0 spiro atoms. The maximum atomic E-state index is 12.5. The molecule has 0 aliphatic rings. The number of pyridine rings is 1. The molecule has 0 aliphatic heterocycles. The van der Waals surface area contributed by atoms with Crippen LogP contribution in [0.1, 0.15) is 15.9 Å². The molecule has 2 N–H and O–H groups in total. The Morgan fingerprint density at radius 2 is 1.78 bits per heavy atom. The zero-order chi connectivity index (χ0) is 19.2. The number of amides is 1. The quantitative estimate of drug-likeness (QED) is 0.721. The standard InChI is InChI=1S/C21H19N5O/c1-26(2)20-8-6-17(7-9-20)24-19-11-16(13-23-14-19)21(27)25-18-5-3-4-15(10-18)12-22/h3-11,13-14,24H,1-2H3,(H,25,27). The number of carbonyl (C=O) groups is 1. The van der Waals surface area contributed by atoms with Gasteiger partial charge in [0.15, 0.2) is 0 Å². The lowest BCUT2D eigenvalue weighted by Crippen LogP contribution is -2.12. The topological polar surface area (TPSA) is 81.1 Å². The third-order valence-electron chi connectivity index (χ3n) is 3.92. The van der Waals surface area contributed by atoms with Crippen molar-refractivity contribution in [3.05, 3.63) is 78.1 Å². The van der Waals surface area contributed by atoms with Gasteiger partial charge in [0.2, 0.25) is 0 Å². The minimum atomic E-state index is -0.288. The largest absolute Gasteiger partial charge is 0.378 e. The predicted molar refractivity (Wildman–Crippen MR) is 107 cm³/mol. The van der Waals surface area contributed by atoms with Crippen molar-refractivity contribution in [1.29, 1.82) is 5.26 Å². The van der Waals surface area contributed by atoms with Crippen LogP contribution in [0.25, 0.3) is 0 Å². The van der Waals surface area contributed by atoms with E-state index in [4.69, 9.17) is 5.26 Å². The number of aromatic nitrogens is 1. The van der Waals surface area contributed by atoms with E-state index >= 15 is 0 Å². The first-order valence-electron chi connectivity index (χ1n) is 8.36. The van der Waals surface area contributed by atoms with E-state index in [-0.39, 0.29) is 5.91 Å². The molecule has 0 fully saturated rings. The van der Waals surface area contributed by atoms with Gasteiger partial charge in [-0.15, -0.1) is 0 Å². The van der Waals surface area contributed by atoms with Crippen LogP contribution < -0.4 is 15.5 Å². The van der Waals surface area contributed by atoms with E-state index in [2.05, 4.69) is 21.7 Å². The van der Waals surface area contributed by atoms with Gasteiger partial charge in [0.25, 0.3) is 5.91 Å². The molecule has 6 heteroatoms. The summed E-state index contributed by atoms with van der Waals surface area (Å²) in [5, 5.41) is 15.0. The summed E-state index contributed by atoms with van der Waals surface area (Å²) in [4.78, 5) is 18.6. The molecule has 0 aliphatic carbocycles. The third kappa shape index (κ3) is 4.61. The van der Waals surface area contributed by atoms with Crippen LogP contribution in [0.4, 0.5) is 22.7 Å². The highest BCUT2D eigenvalue weighted by Gasteiger charge is 2.08.